The van der Waals surface area contributed by atoms with Crippen molar-refractivity contribution in [3.63, 3.8) is 0 Å². The fourth-order valence-electron chi connectivity index (χ4n) is 5.83. The predicted molar refractivity (Wildman–Crippen MR) is 134 cm³/mol. The normalized spacial score (nSPS) is 16.9. The summed E-state index contributed by atoms with van der Waals surface area (Å²) < 4.78 is 35.1. The molecule has 3 N–H and O–H groups in total. The van der Waals surface area contributed by atoms with E-state index in [0.29, 0.717) is 54.3 Å². The Morgan fingerprint density at radius 2 is 1.74 bits per heavy atom. The third kappa shape index (κ3) is 3.30. The molecule has 2 aromatic rings. The van der Waals surface area contributed by atoms with Crippen molar-refractivity contribution in [1.29, 1.82) is 0 Å². The highest BCUT2D eigenvalue weighted by Gasteiger charge is 2.56. The number of carbonyl (C=O) groups excluding carboxylic acids is 1. The lowest BCUT2D eigenvalue weighted by molar-refractivity contribution is -0.363. The van der Waals surface area contributed by atoms with Gasteiger partial charge in [-0.15, -0.1) is 0 Å². The highest BCUT2D eigenvalue weighted by atomic mass is 19.2. The van der Waals surface area contributed by atoms with E-state index in [1.165, 1.54) is 8.96 Å². The molecule has 1 aromatic heterocycles. The van der Waals surface area contributed by atoms with E-state index in [2.05, 4.69) is 5.32 Å². The number of amides is 1. The summed E-state index contributed by atoms with van der Waals surface area (Å²) in [7, 11) is 0. The Hall–Kier alpha value is -3.00. The first kappa shape index (κ1) is 24.1. The molecule has 5 nitrogen and oxygen atoms in total. The average Bonchev–Trinajstić information content (AvgIpc) is 3.22. The summed E-state index contributed by atoms with van der Waals surface area (Å²) in [6.07, 6.45) is 1.37. The molecule has 0 fully saturated rings. The van der Waals surface area contributed by atoms with Crippen LogP contribution in [0.1, 0.15) is 72.6 Å². The van der Waals surface area contributed by atoms with Crippen molar-refractivity contribution in [2.24, 2.45) is 5.73 Å². The summed E-state index contributed by atoms with van der Waals surface area (Å²) in [6, 6.07) is 7.22. The van der Waals surface area contributed by atoms with Gasteiger partial charge >= 0.3 is 6.97 Å². The first-order chi connectivity index (χ1) is 16.1. The van der Waals surface area contributed by atoms with Gasteiger partial charge in [0.1, 0.15) is 5.71 Å². The van der Waals surface area contributed by atoms with Crippen LogP contribution in [0, 0.1) is 13.8 Å². The van der Waals surface area contributed by atoms with Crippen LogP contribution in [0.5, 0.6) is 0 Å². The number of aromatic nitrogens is 1. The first-order valence-corrected chi connectivity index (χ1v) is 12.0. The van der Waals surface area contributed by atoms with Gasteiger partial charge in [-0.1, -0.05) is 26.0 Å². The van der Waals surface area contributed by atoms with Crippen LogP contribution in [-0.4, -0.2) is 40.6 Å². The molecule has 0 spiro atoms. The van der Waals surface area contributed by atoms with E-state index < -0.39 is 6.97 Å². The summed E-state index contributed by atoms with van der Waals surface area (Å²) in [5.41, 5.74) is 13.7. The molecular formula is C26H33BF2N4O. The van der Waals surface area contributed by atoms with Crippen molar-refractivity contribution >= 4 is 24.2 Å². The van der Waals surface area contributed by atoms with Gasteiger partial charge in [-0.05, 0) is 68.1 Å². The highest BCUT2D eigenvalue weighted by Crippen LogP contribution is 2.47. The van der Waals surface area contributed by atoms with Crippen molar-refractivity contribution in [3.8, 4) is 0 Å². The molecule has 3 heterocycles. The maximum absolute atomic E-state index is 16.3. The molecule has 4 rings (SSSR count). The van der Waals surface area contributed by atoms with Crippen LogP contribution in [0.25, 0.3) is 5.57 Å². The molecule has 0 saturated carbocycles. The van der Waals surface area contributed by atoms with Gasteiger partial charge in [0.25, 0.3) is 5.91 Å². The summed E-state index contributed by atoms with van der Waals surface area (Å²) in [6.45, 7) is 8.21. The Morgan fingerprint density at radius 1 is 1.09 bits per heavy atom. The number of carbonyl (C=O) groups is 1. The van der Waals surface area contributed by atoms with E-state index in [0.717, 1.165) is 33.4 Å². The minimum absolute atomic E-state index is 0.201. The first-order valence-electron chi connectivity index (χ1n) is 12.0. The molecule has 0 aliphatic carbocycles. The number of allylic oxidation sites excluding steroid dienone is 2. The molecule has 2 aliphatic rings. The zero-order valence-corrected chi connectivity index (χ0v) is 20.9. The Bertz CT molecular complexity index is 1280. The average molecular weight is 466 g/mol. The van der Waals surface area contributed by atoms with E-state index >= 15 is 8.63 Å². The molecule has 0 radical (unpaired) electrons. The third-order valence-electron chi connectivity index (χ3n) is 7.36. The number of fused-ring (bicyclic) bond motifs is 2. The topological polar surface area (TPSA) is 63.1 Å². The van der Waals surface area contributed by atoms with Crippen molar-refractivity contribution in [2.45, 2.75) is 54.4 Å². The van der Waals surface area contributed by atoms with E-state index in [-0.39, 0.29) is 5.91 Å². The second-order valence-corrected chi connectivity index (χ2v) is 9.11. The second-order valence-electron chi connectivity index (χ2n) is 9.11. The van der Waals surface area contributed by atoms with E-state index in [1.54, 1.807) is 26.0 Å². The minimum atomic E-state index is -4.05. The molecule has 180 valence electrons. The number of nitrogens with one attached hydrogen (secondary N) is 1. The molecule has 1 aromatic carbocycles. The van der Waals surface area contributed by atoms with Crippen LogP contribution in [-0.2, 0) is 6.42 Å². The number of halogens is 2. The van der Waals surface area contributed by atoms with Gasteiger partial charge in [-0.3, -0.25) is 4.79 Å². The maximum atomic E-state index is 16.3. The summed E-state index contributed by atoms with van der Waals surface area (Å²) in [5.74, 6) is -0.201. The molecule has 0 atom stereocenters. The van der Waals surface area contributed by atoms with Gasteiger partial charge in [-0.2, -0.15) is 0 Å². The lowest BCUT2D eigenvalue weighted by atomic mass is 9.83. The zero-order valence-electron chi connectivity index (χ0n) is 20.9. The van der Waals surface area contributed by atoms with Gasteiger partial charge in [0.15, 0.2) is 5.70 Å². The number of benzene rings is 1. The van der Waals surface area contributed by atoms with E-state index in [1.807, 2.05) is 39.8 Å². The number of nitrogens with two attached hydrogens (primary N) is 1. The number of hydrogen-bond acceptors (Lipinski definition) is 2. The van der Waals surface area contributed by atoms with Gasteiger partial charge < -0.3 is 28.6 Å². The minimum Gasteiger partial charge on any atom is -0.393 e. The maximum Gasteiger partial charge on any atom is 0.737 e. The van der Waals surface area contributed by atoms with Gasteiger partial charge in [0, 0.05) is 42.4 Å². The fraction of sp³-hybridized carbons (Fsp3) is 0.385. The molecule has 8 heteroatoms. The Labute approximate surface area is 200 Å². The predicted octanol–water partition coefficient (Wildman–Crippen LogP) is 4.57. The Balaban J connectivity index is 2.03. The van der Waals surface area contributed by atoms with Gasteiger partial charge in [0.05, 0.1) is 5.57 Å². The largest absolute Gasteiger partial charge is 0.737 e. The monoisotopic (exact) mass is 466 g/mol. The van der Waals surface area contributed by atoms with Crippen molar-refractivity contribution in [3.05, 3.63) is 74.8 Å². The lowest BCUT2D eigenvalue weighted by Gasteiger charge is -2.34. The fourth-order valence-corrected chi connectivity index (χ4v) is 5.83. The number of hydrogen-bond donors (Lipinski definition) is 2. The van der Waals surface area contributed by atoms with Crippen LogP contribution in [0.2, 0.25) is 0 Å². The molecule has 0 saturated heterocycles. The third-order valence-corrected chi connectivity index (χ3v) is 7.36. The zero-order chi connectivity index (χ0) is 24.9. The summed E-state index contributed by atoms with van der Waals surface area (Å²) in [5, 5.41) is 2.77. The Kier molecular flexibility index (Phi) is 6.15. The SMILES string of the molecule is CCC1=C(C)C2=C(c3ccc(C(=O)NCCN)cc3)c3c(C)c(CC)c(C)n3[B-](F)(F)[N+]2=C1C. The summed E-state index contributed by atoms with van der Waals surface area (Å²) in [4.78, 5) is 12.4. The van der Waals surface area contributed by atoms with Crippen molar-refractivity contribution in [1.82, 2.24) is 9.79 Å². The summed E-state index contributed by atoms with van der Waals surface area (Å²) >= 11 is 0. The number of nitrogens with zero attached hydrogens (tertiary/aromatic N) is 2. The standard InChI is InChI=1S/C26H33BF2N4O/c1-7-21-15(3)24-23(19-9-11-20(12-10-19)26(34)31-14-13-30)25-16(4)22(8-2)18(6)33(25)27(28,29)32(24)17(21)5/h9-12H,7-8,13-14,30H2,1-6H3,(H,31,34). The Morgan fingerprint density at radius 3 is 2.29 bits per heavy atom. The van der Waals surface area contributed by atoms with Crippen LogP contribution in [0.3, 0.4) is 0 Å². The molecule has 1 amide bonds. The van der Waals surface area contributed by atoms with Crippen molar-refractivity contribution in [2.75, 3.05) is 13.1 Å². The van der Waals surface area contributed by atoms with Crippen molar-refractivity contribution < 1.29 is 17.9 Å². The lowest BCUT2D eigenvalue weighted by Crippen LogP contribution is -2.51. The molecule has 34 heavy (non-hydrogen) atoms. The smallest absolute Gasteiger partial charge is 0.393 e. The van der Waals surface area contributed by atoms with Crippen LogP contribution in [0.15, 0.2) is 41.1 Å². The van der Waals surface area contributed by atoms with Crippen LogP contribution in [0.4, 0.5) is 8.63 Å². The molecule has 0 unspecified atom stereocenters. The molecular weight excluding hydrogens is 433 g/mol. The highest BCUT2D eigenvalue weighted by molar-refractivity contribution is 6.58. The van der Waals surface area contributed by atoms with Gasteiger partial charge in [-0.25, -0.2) is 0 Å². The van der Waals surface area contributed by atoms with Crippen LogP contribution >= 0.6 is 0 Å². The van der Waals surface area contributed by atoms with Gasteiger partial charge in [0.2, 0.25) is 0 Å². The molecule has 0 bridgehead atoms. The van der Waals surface area contributed by atoms with Crippen LogP contribution < -0.4 is 11.1 Å². The van der Waals surface area contributed by atoms with E-state index in [4.69, 9.17) is 5.73 Å². The quantitative estimate of drug-likeness (QED) is 0.613. The second kappa shape index (κ2) is 8.66. The molecule has 2 aliphatic heterocycles. The number of rotatable bonds is 6. The van der Waals surface area contributed by atoms with E-state index in [9.17, 15) is 4.79 Å².